The van der Waals surface area contributed by atoms with Gasteiger partial charge in [-0.1, -0.05) is 25.0 Å². The van der Waals surface area contributed by atoms with Crippen LogP contribution in [0.2, 0.25) is 0 Å². The van der Waals surface area contributed by atoms with Crippen molar-refractivity contribution in [3.8, 4) is 11.8 Å². The number of ether oxygens (including phenoxy) is 1. The number of hydrogen-bond acceptors (Lipinski definition) is 4. The largest absolute Gasteiger partial charge is 0.493 e. The highest BCUT2D eigenvalue weighted by molar-refractivity contribution is 7.89. The molecule has 0 aromatic heterocycles. The molecule has 0 heterocycles. The van der Waals surface area contributed by atoms with Gasteiger partial charge in [-0.15, -0.1) is 0 Å². The maximum Gasteiger partial charge on any atom is 0.211 e. The van der Waals surface area contributed by atoms with Gasteiger partial charge in [0.2, 0.25) is 10.0 Å². The highest BCUT2D eigenvalue weighted by Crippen LogP contribution is 2.27. The van der Waals surface area contributed by atoms with Crippen molar-refractivity contribution in [3.05, 3.63) is 42.0 Å². The predicted molar refractivity (Wildman–Crippen MR) is 103 cm³/mol. The summed E-state index contributed by atoms with van der Waals surface area (Å²) in [7, 11) is -3.20. The highest BCUT2D eigenvalue weighted by atomic mass is 32.2. The van der Waals surface area contributed by atoms with Crippen molar-refractivity contribution in [2.45, 2.75) is 38.6 Å². The Morgan fingerprint density at radius 3 is 2.65 bits per heavy atom. The van der Waals surface area contributed by atoms with Crippen molar-refractivity contribution >= 4 is 20.8 Å². The molecule has 0 amide bonds. The second kappa shape index (κ2) is 8.07. The van der Waals surface area contributed by atoms with Gasteiger partial charge >= 0.3 is 0 Å². The van der Waals surface area contributed by atoms with Crippen molar-refractivity contribution in [1.29, 1.82) is 5.26 Å². The van der Waals surface area contributed by atoms with Crippen LogP contribution in [0.5, 0.6) is 5.75 Å². The molecule has 138 valence electrons. The Bertz CT molecular complexity index is 918. The summed E-state index contributed by atoms with van der Waals surface area (Å²) >= 11 is 0. The molecule has 1 aliphatic rings. The third-order valence-corrected chi connectivity index (χ3v) is 6.45. The fourth-order valence-electron chi connectivity index (χ4n) is 3.46. The van der Waals surface area contributed by atoms with E-state index in [4.69, 9.17) is 10.00 Å². The van der Waals surface area contributed by atoms with E-state index >= 15 is 0 Å². The fraction of sp³-hybridized carbons (Fsp3) is 0.450. The first-order valence-corrected chi connectivity index (χ1v) is 10.7. The Morgan fingerprint density at radius 1 is 1.15 bits per heavy atom. The molecule has 2 aromatic rings. The molecule has 1 N–H and O–H groups in total. The second-order valence-electron chi connectivity index (χ2n) is 6.82. The minimum atomic E-state index is -3.20. The van der Waals surface area contributed by atoms with Gasteiger partial charge in [0.15, 0.2) is 0 Å². The molecule has 3 rings (SSSR count). The lowest BCUT2D eigenvalue weighted by Gasteiger charge is -2.31. The van der Waals surface area contributed by atoms with Crippen LogP contribution in [0.1, 0.15) is 38.2 Å². The monoisotopic (exact) mass is 372 g/mol. The van der Waals surface area contributed by atoms with Gasteiger partial charge in [0.05, 0.1) is 24.0 Å². The average molecular weight is 372 g/mol. The molecule has 0 unspecified atom stereocenters. The summed E-state index contributed by atoms with van der Waals surface area (Å²) in [6, 6.07) is 13.5. The highest BCUT2D eigenvalue weighted by Gasteiger charge is 2.28. The van der Waals surface area contributed by atoms with Crippen LogP contribution in [0.15, 0.2) is 36.4 Å². The van der Waals surface area contributed by atoms with E-state index in [2.05, 4.69) is 10.8 Å². The van der Waals surface area contributed by atoms with Gasteiger partial charge in [-0.3, -0.25) is 0 Å². The van der Waals surface area contributed by atoms with Gasteiger partial charge < -0.3 is 4.74 Å². The summed E-state index contributed by atoms with van der Waals surface area (Å²) in [6.07, 6.45) is 3.98. The van der Waals surface area contributed by atoms with Crippen LogP contribution in [-0.4, -0.2) is 26.8 Å². The molecular weight excluding hydrogens is 348 g/mol. The van der Waals surface area contributed by atoms with E-state index in [1.165, 1.54) is 0 Å². The van der Waals surface area contributed by atoms with Crippen LogP contribution in [0.25, 0.3) is 10.8 Å². The van der Waals surface area contributed by atoms with Crippen molar-refractivity contribution in [3.63, 3.8) is 0 Å². The number of fused-ring (bicyclic) bond motifs is 1. The van der Waals surface area contributed by atoms with E-state index in [1.807, 2.05) is 30.3 Å². The Labute approximate surface area is 155 Å². The molecule has 2 aromatic carbocycles. The lowest BCUT2D eigenvalue weighted by atomic mass is 9.86. The van der Waals surface area contributed by atoms with Crippen LogP contribution < -0.4 is 9.46 Å². The van der Waals surface area contributed by atoms with Gasteiger partial charge in [-0.2, -0.15) is 5.26 Å². The molecule has 0 radical (unpaired) electrons. The smallest absolute Gasteiger partial charge is 0.211 e. The zero-order valence-corrected chi connectivity index (χ0v) is 15.8. The van der Waals surface area contributed by atoms with E-state index in [9.17, 15) is 8.42 Å². The molecule has 2 atom stereocenters. The Kier molecular flexibility index (Phi) is 5.80. The van der Waals surface area contributed by atoms with Gasteiger partial charge in [-0.05, 0) is 54.8 Å². The van der Waals surface area contributed by atoms with E-state index < -0.39 is 10.0 Å². The second-order valence-corrected chi connectivity index (χ2v) is 8.86. The third-order valence-electron chi connectivity index (χ3n) is 5.02. The molecule has 0 saturated heterocycles. The van der Waals surface area contributed by atoms with E-state index in [1.54, 1.807) is 13.0 Å². The zero-order chi connectivity index (χ0) is 18.6. The topological polar surface area (TPSA) is 79.2 Å². The number of nitriles is 1. The summed E-state index contributed by atoms with van der Waals surface area (Å²) in [4.78, 5) is 0. The van der Waals surface area contributed by atoms with Gasteiger partial charge in [0.25, 0.3) is 0 Å². The van der Waals surface area contributed by atoms with Gasteiger partial charge in [0.1, 0.15) is 5.75 Å². The zero-order valence-electron chi connectivity index (χ0n) is 14.9. The number of sulfonamides is 1. The predicted octanol–water partition coefficient (Wildman–Crippen LogP) is 3.59. The number of benzene rings is 2. The molecule has 26 heavy (non-hydrogen) atoms. The van der Waals surface area contributed by atoms with Gasteiger partial charge in [-0.25, -0.2) is 13.1 Å². The lowest BCUT2D eigenvalue weighted by Crippen LogP contribution is -2.44. The summed E-state index contributed by atoms with van der Waals surface area (Å²) in [5, 5.41) is 11.0. The van der Waals surface area contributed by atoms with Crippen LogP contribution in [-0.2, 0) is 10.0 Å². The Hall–Kier alpha value is -2.10. The van der Waals surface area contributed by atoms with Crippen LogP contribution in [0.3, 0.4) is 0 Å². The minimum absolute atomic E-state index is 0.0488. The number of nitrogens with one attached hydrogen (secondary N) is 1. The molecule has 1 fully saturated rings. The molecule has 1 aliphatic carbocycles. The average Bonchev–Trinajstić information content (AvgIpc) is 2.66. The van der Waals surface area contributed by atoms with Crippen molar-refractivity contribution in [1.82, 2.24) is 4.72 Å². The molecule has 0 bridgehead atoms. The lowest BCUT2D eigenvalue weighted by molar-refractivity contribution is 0.180. The molecule has 0 spiro atoms. The van der Waals surface area contributed by atoms with Crippen LogP contribution >= 0.6 is 0 Å². The molecule has 1 saturated carbocycles. The van der Waals surface area contributed by atoms with Crippen molar-refractivity contribution < 1.29 is 13.2 Å². The van der Waals surface area contributed by atoms with Crippen molar-refractivity contribution in [2.75, 3.05) is 12.4 Å². The van der Waals surface area contributed by atoms with Crippen molar-refractivity contribution in [2.24, 2.45) is 5.92 Å². The van der Waals surface area contributed by atoms with Crippen LogP contribution in [0.4, 0.5) is 0 Å². The first kappa shape index (κ1) is 18.7. The fourth-order valence-corrected chi connectivity index (χ4v) is 4.40. The minimum Gasteiger partial charge on any atom is -0.493 e. The summed E-state index contributed by atoms with van der Waals surface area (Å²) in [6.45, 7) is 2.15. The Morgan fingerprint density at radius 2 is 1.88 bits per heavy atom. The Balaban J connectivity index is 1.68. The number of rotatable bonds is 6. The first-order valence-electron chi connectivity index (χ1n) is 9.07. The molecule has 6 heteroatoms. The quantitative estimate of drug-likeness (QED) is 0.840. The molecule has 0 aliphatic heterocycles. The normalized spacial score (nSPS) is 20.6. The summed E-state index contributed by atoms with van der Waals surface area (Å²) < 4.78 is 32.6. The van der Waals surface area contributed by atoms with E-state index in [-0.39, 0.29) is 17.7 Å². The SMILES string of the molecule is CCS(=O)(=O)N[C@H]1CCCC[C@@H]1COc1ccc2cc(C#N)ccc2c1. The maximum atomic E-state index is 11.9. The van der Waals surface area contributed by atoms with Gasteiger partial charge in [0, 0.05) is 12.0 Å². The number of hydrogen-bond donors (Lipinski definition) is 1. The van der Waals surface area contributed by atoms with E-state index in [0.29, 0.717) is 12.2 Å². The third kappa shape index (κ3) is 4.54. The standard InChI is InChI=1S/C20H24N2O3S/c1-2-26(23,24)22-20-6-4-3-5-18(20)14-25-19-10-9-16-11-15(13-21)7-8-17(16)12-19/h7-12,18,20,22H,2-6,14H2,1H3/t18-,20+/m1/s1. The summed E-state index contributed by atoms with van der Waals surface area (Å²) in [5.74, 6) is 1.05. The van der Waals surface area contributed by atoms with Crippen LogP contribution in [0, 0.1) is 17.2 Å². The maximum absolute atomic E-state index is 11.9. The first-order chi connectivity index (χ1) is 12.5. The summed E-state index contributed by atoms with van der Waals surface area (Å²) in [5.41, 5.74) is 0.638. The number of nitrogens with zero attached hydrogens (tertiary/aromatic N) is 1. The molecule has 5 nitrogen and oxygen atoms in total. The molecular formula is C20H24N2O3S. The van der Waals surface area contributed by atoms with E-state index in [0.717, 1.165) is 42.2 Å².